The number of nitrogens with zero attached hydrogens (tertiary/aromatic N) is 1. The highest BCUT2D eigenvalue weighted by Gasteiger charge is 2.55. The molecule has 0 radical (unpaired) electrons. The number of aromatic nitrogens is 1. The molecule has 2 atom stereocenters. The normalized spacial score (nSPS) is 17.1. The number of imide groups is 1. The van der Waals surface area contributed by atoms with Crippen LogP contribution in [0, 0.1) is 0 Å². The zero-order valence-corrected chi connectivity index (χ0v) is 23.1. The van der Waals surface area contributed by atoms with Gasteiger partial charge in [0.25, 0.3) is 11.1 Å². The van der Waals surface area contributed by atoms with Crippen molar-refractivity contribution in [2.45, 2.75) is 50.6 Å². The Bertz CT molecular complexity index is 1350. The van der Waals surface area contributed by atoms with Gasteiger partial charge in [0.2, 0.25) is 4.75 Å². The van der Waals surface area contributed by atoms with E-state index < -0.39 is 21.9 Å². The van der Waals surface area contributed by atoms with Crippen LogP contribution in [0.15, 0.2) is 72.9 Å². The maximum Gasteiger partial charge on any atom is 0.333 e. The fourth-order valence-electron chi connectivity index (χ4n) is 4.02. The molecule has 0 saturated carbocycles. The highest BCUT2D eigenvalue weighted by molar-refractivity contribution is 8.16. The van der Waals surface area contributed by atoms with E-state index in [0.29, 0.717) is 42.5 Å². The molecule has 4 rings (SSSR count). The van der Waals surface area contributed by atoms with Crippen molar-refractivity contribution < 1.29 is 33.4 Å². The van der Waals surface area contributed by atoms with Crippen molar-refractivity contribution >= 4 is 34.8 Å². The third kappa shape index (κ3) is 7.26. The molecular weight excluding hydrogens is 532 g/mol. The Morgan fingerprint density at radius 3 is 2.38 bits per heavy atom. The Morgan fingerprint density at radius 2 is 1.75 bits per heavy atom. The average molecular weight is 563 g/mol. The Morgan fingerprint density at radius 1 is 1.00 bits per heavy atom. The van der Waals surface area contributed by atoms with Crippen LogP contribution in [0.4, 0.5) is 4.79 Å². The first kappa shape index (κ1) is 28.8. The summed E-state index contributed by atoms with van der Waals surface area (Å²) < 4.78 is 14.9. The van der Waals surface area contributed by atoms with Gasteiger partial charge < -0.3 is 14.2 Å². The van der Waals surface area contributed by atoms with Crippen LogP contribution in [0.25, 0.3) is 0 Å². The highest BCUT2D eigenvalue weighted by atomic mass is 32.2. The lowest BCUT2D eigenvalue weighted by atomic mass is 9.97. The number of amides is 2. The summed E-state index contributed by atoms with van der Waals surface area (Å²) in [7, 11) is 0. The van der Waals surface area contributed by atoms with Gasteiger partial charge in [-0.1, -0.05) is 55.5 Å². The molecule has 0 spiro atoms. The number of nitrogens with one attached hydrogen (secondary N) is 1. The number of ether oxygens (including phenoxy) is 3. The summed E-state index contributed by atoms with van der Waals surface area (Å²) in [6, 6.07) is 19.9. The summed E-state index contributed by atoms with van der Waals surface area (Å²) in [5.74, 6) is -1.09. The fraction of sp³-hybridized carbons (Fsp3) is 0.300. The number of carbonyl (C=O) groups is 4. The molecule has 1 N–H and O–H groups in total. The number of pyridine rings is 1. The summed E-state index contributed by atoms with van der Waals surface area (Å²) in [5, 5.41) is 1.63. The molecule has 1 fully saturated rings. The van der Waals surface area contributed by atoms with Crippen LogP contribution < -0.4 is 10.1 Å². The van der Waals surface area contributed by atoms with E-state index in [1.165, 1.54) is 0 Å². The van der Waals surface area contributed by atoms with Crippen molar-refractivity contribution in [1.29, 1.82) is 0 Å². The molecular formula is C30H30N2O7S. The topological polar surface area (TPSA) is 121 Å². The lowest BCUT2D eigenvalue weighted by Crippen LogP contribution is -2.46. The molecule has 0 bridgehead atoms. The minimum atomic E-state index is -1.70. The van der Waals surface area contributed by atoms with Crippen molar-refractivity contribution in [3.63, 3.8) is 0 Å². The Kier molecular flexibility index (Phi) is 9.55. The maximum atomic E-state index is 13.1. The number of carbonyl (C=O) groups excluding carboxylic acids is 4. The van der Waals surface area contributed by atoms with Gasteiger partial charge in [0.15, 0.2) is 0 Å². The van der Waals surface area contributed by atoms with E-state index in [4.69, 9.17) is 14.2 Å². The third-order valence-electron chi connectivity index (χ3n) is 6.31. The number of hydrogen-bond donors (Lipinski definition) is 1. The molecule has 9 nitrogen and oxygen atoms in total. The first-order valence-electron chi connectivity index (χ1n) is 12.9. The zero-order chi connectivity index (χ0) is 28.5. The Balaban J connectivity index is 1.32. The second-order valence-corrected chi connectivity index (χ2v) is 10.5. The monoisotopic (exact) mass is 562 g/mol. The molecule has 208 valence electrons. The van der Waals surface area contributed by atoms with E-state index in [2.05, 4.69) is 10.3 Å². The summed E-state index contributed by atoms with van der Waals surface area (Å²) >= 11 is 0.645. The van der Waals surface area contributed by atoms with Crippen LogP contribution >= 0.6 is 11.8 Å². The van der Waals surface area contributed by atoms with Crippen molar-refractivity contribution in [3.05, 3.63) is 95.3 Å². The third-order valence-corrected chi connectivity index (χ3v) is 7.44. The maximum absolute atomic E-state index is 13.1. The molecule has 1 aromatic heterocycles. The first-order chi connectivity index (χ1) is 19.3. The van der Waals surface area contributed by atoms with Crippen molar-refractivity contribution in [1.82, 2.24) is 10.3 Å². The number of rotatable bonds is 12. The average Bonchev–Trinajstić information content (AvgIpc) is 3.26. The molecule has 3 aromatic rings. The minimum Gasteiger partial charge on any atom is -0.493 e. The lowest BCUT2D eigenvalue weighted by molar-refractivity contribution is -0.151. The number of hydrogen-bond acceptors (Lipinski definition) is 9. The quantitative estimate of drug-likeness (QED) is 0.247. The molecule has 2 aromatic carbocycles. The summed E-state index contributed by atoms with van der Waals surface area (Å²) in [6.45, 7) is 3.94. The molecule has 10 heteroatoms. The highest BCUT2D eigenvalue weighted by Crippen LogP contribution is 2.37. The fourth-order valence-corrected chi connectivity index (χ4v) is 5.01. The number of benzene rings is 2. The standard InChI is InChI=1S/C30H30N2O7S/c1-3-26(33)39-20(2)23-11-12-24(31-18-23)15-16-37-25-13-9-21(10-14-25)17-30(27(34)32-29(36)40-30)28(35)38-19-22-7-5-4-6-8-22/h4-14,18,20H,3,15-17,19H2,1-2H3,(H,32,34,36)/t20?,30-/m0/s1. The summed E-state index contributed by atoms with van der Waals surface area (Å²) in [5.41, 5.74) is 3.11. The SMILES string of the molecule is CCC(=O)OC(C)c1ccc(CCOc2ccc(C[C@]3(C(=O)OCc4ccccc4)SC(=O)NC3=O)cc2)nc1. The van der Waals surface area contributed by atoms with E-state index in [9.17, 15) is 19.2 Å². The van der Waals surface area contributed by atoms with Gasteiger partial charge in [-0.3, -0.25) is 24.7 Å². The molecule has 1 saturated heterocycles. The van der Waals surface area contributed by atoms with Gasteiger partial charge >= 0.3 is 11.9 Å². The van der Waals surface area contributed by atoms with Crippen molar-refractivity contribution in [3.8, 4) is 5.75 Å². The van der Waals surface area contributed by atoms with E-state index in [1.807, 2.05) is 49.4 Å². The van der Waals surface area contributed by atoms with Gasteiger partial charge in [-0.15, -0.1) is 0 Å². The predicted octanol–water partition coefficient (Wildman–Crippen LogP) is 4.73. The smallest absolute Gasteiger partial charge is 0.333 e. The minimum absolute atomic E-state index is 0.000842. The van der Waals surface area contributed by atoms with E-state index >= 15 is 0 Å². The second-order valence-electron chi connectivity index (χ2n) is 9.22. The lowest BCUT2D eigenvalue weighted by Gasteiger charge is -2.22. The molecule has 1 aliphatic rings. The van der Waals surface area contributed by atoms with Crippen LogP contribution in [0.2, 0.25) is 0 Å². The molecule has 2 heterocycles. The molecule has 0 aliphatic carbocycles. The van der Waals surface area contributed by atoms with E-state index in [-0.39, 0.29) is 25.1 Å². The van der Waals surface area contributed by atoms with Crippen LogP contribution in [-0.2, 0) is 43.3 Å². The van der Waals surface area contributed by atoms with Gasteiger partial charge in [-0.05, 0) is 48.0 Å². The molecule has 1 unspecified atom stereocenters. The van der Waals surface area contributed by atoms with Crippen LogP contribution in [0.5, 0.6) is 5.75 Å². The second kappa shape index (κ2) is 13.3. The van der Waals surface area contributed by atoms with Crippen LogP contribution in [0.1, 0.15) is 48.8 Å². The Labute approximate surface area is 236 Å². The predicted molar refractivity (Wildman–Crippen MR) is 148 cm³/mol. The van der Waals surface area contributed by atoms with Gasteiger partial charge in [0.05, 0.1) is 6.61 Å². The molecule has 2 amide bonds. The van der Waals surface area contributed by atoms with Gasteiger partial charge in [-0.25, -0.2) is 4.79 Å². The van der Waals surface area contributed by atoms with E-state index in [1.54, 1.807) is 37.4 Å². The van der Waals surface area contributed by atoms with Crippen LogP contribution in [-0.4, -0.2) is 39.4 Å². The van der Waals surface area contributed by atoms with Crippen molar-refractivity contribution in [2.75, 3.05) is 6.61 Å². The van der Waals surface area contributed by atoms with Crippen LogP contribution in [0.3, 0.4) is 0 Å². The van der Waals surface area contributed by atoms with Gasteiger partial charge in [-0.2, -0.15) is 0 Å². The van der Waals surface area contributed by atoms with Gasteiger partial charge in [0, 0.05) is 36.7 Å². The molecule has 1 aliphatic heterocycles. The van der Waals surface area contributed by atoms with Gasteiger partial charge in [0.1, 0.15) is 18.5 Å². The zero-order valence-electron chi connectivity index (χ0n) is 22.3. The first-order valence-corrected chi connectivity index (χ1v) is 13.7. The van der Waals surface area contributed by atoms with E-state index in [0.717, 1.165) is 16.8 Å². The van der Waals surface area contributed by atoms with Crippen molar-refractivity contribution in [2.24, 2.45) is 0 Å². The largest absolute Gasteiger partial charge is 0.493 e. The summed E-state index contributed by atoms with van der Waals surface area (Å²) in [4.78, 5) is 53.7. The number of thioether (sulfide) groups is 1. The number of esters is 2. The summed E-state index contributed by atoms with van der Waals surface area (Å²) in [6.07, 6.45) is 2.22. The Hall–Kier alpha value is -4.18. The molecule has 40 heavy (non-hydrogen) atoms.